The van der Waals surface area contributed by atoms with Gasteiger partial charge in [0, 0.05) is 6.54 Å². The lowest BCUT2D eigenvalue weighted by atomic mass is 9.90. The lowest BCUT2D eigenvalue weighted by molar-refractivity contribution is 0.170. The normalized spacial score (nSPS) is 16.3. The van der Waals surface area contributed by atoms with Gasteiger partial charge in [0.15, 0.2) is 0 Å². The van der Waals surface area contributed by atoms with Gasteiger partial charge in [-0.25, -0.2) is 0 Å². The van der Waals surface area contributed by atoms with Crippen LogP contribution in [0.15, 0.2) is 60.7 Å². The minimum atomic E-state index is 0.813. The third-order valence-corrected chi connectivity index (χ3v) is 4.70. The average Bonchev–Trinajstić information content (AvgIpc) is 2.62. The van der Waals surface area contributed by atoms with Crippen molar-refractivity contribution in [2.75, 3.05) is 26.2 Å². The molecule has 0 unspecified atom stereocenters. The second-order valence-electron chi connectivity index (χ2n) is 6.49. The Morgan fingerprint density at radius 1 is 0.870 bits per heavy atom. The number of ether oxygens (including phenoxy) is 1. The van der Waals surface area contributed by atoms with E-state index in [-0.39, 0.29) is 0 Å². The zero-order chi connectivity index (χ0) is 15.7. The van der Waals surface area contributed by atoms with Crippen molar-refractivity contribution in [1.82, 2.24) is 4.90 Å². The fourth-order valence-electron chi connectivity index (χ4n) is 3.36. The Morgan fingerprint density at radius 2 is 1.52 bits per heavy atom. The first kappa shape index (κ1) is 16.1. The molecular weight excluding hydrogens is 282 g/mol. The van der Waals surface area contributed by atoms with E-state index in [0.29, 0.717) is 0 Å². The predicted molar refractivity (Wildman–Crippen MR) is 95.9 cm³/mol. The molecule has 3 rings (SSSR count). The number of hydrogen-bond donors (Lipinski definition) is 0. The summed E-state index contributed by atoms with van der Waals surface area (Å²) in [7, 11) is 0. The molecule has 0 amide bonds. The fourth-order valence-corrected chi connectivity index (χ4v) is 3.36. The summed E-state index contributed by atoms with van der Waals surface area (Å²) < 4.78 is 5.77. The molecule has 0 spiro atoms. The van der Waals surface area contributed by atoms with Crippen LogP contribution in [0.25, 0.3) is 0 Å². The lowest BCUT2D eigenvalue weighted by Crippen LogP contribution is -2.35. The molecule has 0 aromatic heterocycles. The molecule has 1 aliphatic rings. The Balaban J connectivity index is 1.30. The van der Waals surface area contributed by atoms with Crippen LogP contribution in [-0.2, 0) is 6.42 Å². The molecule has 1 heterocycles. The van der Waals surface area contributed by atoms with Crippen molar-refractivity contribution in [1.29, 1.82) is 0 Å². The smallest absolute Gasteiger partial charge is 0.119 e. The molecule has 1 fully saturated rings. The topological polar surface area (TPSA) is 12.5 Å². The van der Waals surface area contributed by atoms with Gasteiger partial charge in [-0.15, -0.1) is 0 Å². The van der Waals surface area contributed by atoms with Gasteiger partial charge < -0.3 is 9.64 Å². The van der Waals surface area contributed by atoms with E-state index in [9.17, 15) is 0 Å². The van der Waals surface area contributed by atoms with Crippen molar-refractivity contribution < 1.29 is 4.74 Å². The van der Waals surface area contributed by atoms with Gasteiger partial charge in [0.2, 0.25) is 0 Å². The number of piperidine rings is 1. The molecule has 2 aromatic carbocycles. The molecule has 0 atom stereocenters. The van der Waals surface area contributed by atoms with E-state index in [0.717, 1.165) is 31.2 Å². The maximum Gasteiger partial charge on any atom is 0.119 e. The Morgan fingerprint density at radius 3 is 2.22 bits per heavy atom. The van der Waals surface area contributed by atoms with Crippen LogP contribution in [0.1, 0.15) is 24.8 Å². The van der Waals surface area contributed by atoms with Crippen LogP contribution in [0.2, 0.25) is 0 Å². The Kier molecular flexibility index (Phi) is 6.10. The van der Waals surface area contributed by atoms with Crippen LogP contribution in [-0.4, -0.2) is 31.1 Å². The summed E-state index contributed by atoms with van der Waals surface area (Å²) in [5, 5.41) is 0. The van der Waals surface area contributed by atoms with Gasteiger partial charge in [0.05, 0.1) is 6.61 Å². The predicted octanol–water partition coefficient (Wildman–Crippen LogP) is 4.41. The first-order valence-corrected chi connectivity index (χ1v) is 8.84. The van der Waals surface area contributed by atoms with Crippen molar-refractivity contribution in [2.24, 2.45) is 5.92 Å². The second kappa shape index (κ2) is 8.73. The van der Waals surface area contributed by atoms with E-state index in [1.165, 1.54) is 37.9 Å². The number of likely N-dealkylation sites (tertiary alicyclic amines) is 1. The monoisotopic (exact) mass is 309 g/mol. The van der Waals surface area contributed by atoms with E-state index >= 15 is 0 Å². The van der Waals surface area contributed by atoms with Gasteiger partial charge in [-0.2, -0.15) is 0 Å². The summed E-state index contributed by atoms with van der Waals surface area (Å²) in [5.74, 6) is 1.84. The molecule has 1 aliphatic heterocycles. The third-order valence-electron chi connectivity index (χ3n) is 4.70. The van der Waals surface area contributed by atoms with Crippen molar-refractivity contribution in [3.05, 3.63) is 66.2 Å². The molecule has 0 N–H and O–H groups in total. The summed E-state index contributed by atoms with van der Waals surface area (Å²) in [4.78, 5) is 2.59. The van der Waals surface area contributed by atoms with Gasteiger partial charge in [0.25, 0.3) is 0 Å². The number of hydrogen-bond acceptors (Lipinski definition) is 2. The first-order chi connectivity index (χ1) is 11.4. The Bertz CT molecular complexity index is 544. The van der Waals surface area contributed by atoms with E-state index in [2.05, 4.69) is 35.2 Å². The maximum absolute atomic E-state index is 5.77. The van der Waals surface area contributed by atoms with E-state index in [4.69, 9.17) is 4.74 Å². The Hall–Kier alpha value is -1.80. The van der Waals surface area contributed by atoms with Crippen LogP contribution in [0.5, 0.6) is 5.75 Å². The van der Waals surface area contributed by atoms with Crippen LogP contribution >= 0.6 is 0 Å². The zero-order valence-electron chi connectivity index (χ0n) is 13.9. The summed E-state index contributed by atoms with van der Waals surface area (Å²) in [6, 6.07) is 21.0. The van der Waals surface area contributed by atoms with Crippen LogP contribution in [0.4, 0.5) is 0 Å². The summed E-state index contributed by atoms with van der Waals surface area (Å²) in [6.45, 7) is 4.45. The summed E-state index contributed by atoms with van der Waals surface area (Å²) in [5.41, 5.74) is 1.49. The molecule has 23 heavy (non-hydrogen) atoms. The third kappa shape index (κ3) is 5.40. The number of rotatable bonds is 7. The maximum atomic E-state index is 5.77. The number of para-hydroxylation sites is 1. The largest absolute Gasteiger partial charge is 0.494 e. The van der Waals surface area contributed by atoms with Gasteiger partial charge in [-0.1, -0.05) is 48.5 Å². The van der Waals surface area contributed by atoms with E-state index in [1.54, 1.807) is 0 Å². The van der Waals surface area contributed by atoms with Gasteiger partial charge in [0.1, 0.15) is 5.75 Å². The molecule has 2 heteroatoms. The highest BCUT2D eigenvalue weighted by molar-refractivity contribution is 5.20. The van der Waals surface area contributed by atoms with Gasteiger partial charge in [-0.3, -0.25) is 0 Å². The minimum Gasteiger partial charge on any atom is -0.494 e. The molecule has 2 nitrogen and oxygen atoms in total. The molecular formula is C21H27NO. The lowest BCUT2D eigenvalue weighted by Gasteiger charge is -2.32. The van der Waals surface area contributed by atoms with E-state index < -0.39 is 0 Å². The first-order valence-electron chi connectivity index (χ1n) is 8.84. The zero-order valence-corrected chi connectivity index (χ0v) is 13.9. The van der Waals surface area contributed by atoms with Crippen LogP contribution in [0, 0.1) is 5.92 Å². The van der Waals surface area contributed by atoms with Gasteiger partial charge in [-0.05, 0) is 62.4 Å². The summed E-state index contributed by atoms with van der Waals surface area (Å²) in [6.07, 6.45) is 5.01. The van der Waals surface area contributed by atoms with Crippen molar-refractivity contribution in [2.45, 2.75) is 25.7 Å². The van der Waals surface area contributed by atoms with Crippen molar-refractivity contribution in [3.63, 3.8) is 0 Å². The number of benzene rings is 2. The molecule has 2 aromatic rings. The molecule has 0 bridgehead atoms. The van der Waals surface area contributed by atoms with Crippen LogP contribution < -0.4 is 4.74 Å². The SMILES string of the molecule is c1ccc(CC2CCN(CCCOc3ccccc3)CC2)cc1. The highest BCUT2D eigenvalue weighted by Crippen LogP contribution is 2.21. The van der Waals surface area contributed by atoms with Crippen molar-refractivity contribution in [3.8, 4) is 5.75 Å². The Labute approximate surface area is 140 Å². The van der Waals surface area contributed by atoms with Crippen molar-refractivity contribution >= 4 is 0 Å². The quantitative estimate of drug-likeness (QED) is 0.702. The van der Waals surface area contributed by atoms with E-state index in [1.807, 2.05) is 30.3 Å². The molecule has 1 saturated heterocycles. The number of nitrogens with zero attached hydrogens (tertiary/aromatic N) is 1. The molecule has 0 saturated carbocycles. The minimum absolute atomic E-state index is 0.813. The highest BCUT2D eigenvalue weighted by Gasteiger charge is 2.18. The molecule has 0 radical (unpaired) electrons. The molecule has 0 aliphatic carbocycles. The van der Waals surface area contributed by atoms with Crippen LogP contribution in [0.3, 0.4) is 0 Å². The fraction of sp³-hybridized carbons (Fsp3) is 0.429. The second-order valence-corrected chi connectivity index (χ2v) is 6.49. The molecule has 122 valence electrons. The van der Waals surface area contributed by atoms with Gasteiger partial charge >= 0.3 is 0 Å². The standard InChI is InChI=1S/C21H27NO/c1-3-8-19(9-4-1)18-20-12-15-22(16-13-20)14-7-17-23-21-10-5-2-6-11-21/h1-6,8-11,20H,7,12-18H2. The average molecular weight is 309 g/mol. The highest BCUT2D eigenvalue weighted by atomic mass is 16.5. The summed E-state index contributed by atoms with van der Waals surface area (Å²) >= 11 is 0.